The molecule has 0 aliphatic heterocycles. The van der Waals surface area contributed by atoms with Crippen LogP contribution in [-0.2, 0) is 9.84 Å². The van der Waals surface area contributed by atoms with Crippen molar-refractivity contribution < 1.29 is 22.3 Å². The topological polar surface area (TPSA) is 57.6 Å². The van der Waals surface area contributed by atoms with Crippen LogP contribution >= 0.6 is 0 Å². The monoisotopic (exact) mass is 321 g/mol. The van der Waals surface area contributed by atoms with Crippen molar-refractivity contribution in [2.45, 2.75) is 26.0 Å². The Kier molecular flexibility index (Phi) is 6.24. The minimum Gasteiger partial charge on any atom is -0.387 e. The van der Waals surface area contributed by atoms with Crippen LogP contribution in [0.3, 0.4) is 0 Å². The minimum atomic E-state index is -3.10. The summed E-state index contributed by atoms with van der Waals surface area (Å²) in [7, 11) is -3.10. The predicted octanol–water partition coefficient (Wildman–Crippen LogP) is 1.75. The van der Waals surface area contributed by atoms with E-state index in [2.05, 4.69) is 0 Å². The molecule has 1 atom stereocenters. The molecule has 0 amide bonds. The van der Waals surface area contributed by atoms with E-state index in [0.717, 1.165) is 18.4 Å². The Morgan fingerprint density at radius 3 is 2.33 bits per heavy atom. The van der Waals surface area contributed by atoms with Crippen LogP contribution in [0.15, 0.2) is 18.2 Å². The molecule has 1 N–H and O–H groups in total. The maximum atomic E-state index is 13.2. The number of hydrogen-bond donors (Lipinski definition) is 1. The molecular formula is C14H21F2NO3S. The lowest BCUT2D eigenvalue weighted by molar-refractivity contribution is 0.0992. The van der Waals surface area contributed by atoms with Crippen LogP contribution in [0.25, 0.3) is 0 Å². The van der Waals surface area contributed by atoms with Gasteiger partial charge in [-0.2, -0.15) is 0 Å². The first-order chi connectivity index (χ1) is 9.60. The van der Waals surface area contributed by atoms with Gasteiger partial charge < -0.3 is 5.11 Å². The normalized spacial score (nSPS) is 13.9. The molecule has 1 aromatic carbocycles. The smallest absolute Gasteiger partial charge is 0.159 e. The Hall–Kier alpha value is -1.05. The summed E-state index contributed by atoms with van der Waals surface area (Å²) in [5.74, 6) is -2.00. The molecular weight excluding hydrogens is 300 g/mol. The first-order valence-electron chi connectivity index (χ1n) is 6.65. The molecule has 7 heteroatoms. The number of halogens is 2. The second-order valence-corrected chi connectivity index (χ2v) is 7.67. The highest BCUT2D eigenvalue weighted by molar-refractivity contribution is 7.90. The molecule has 0 heterocycles. The van der Waals surface area contributed by atoms with Crippen molar-refractivity contribution in [3.05, 3.63) is 35.4 Å². The van der Waals surface area contributed by atoms with Gasteiger partial charge in [0.1, 0.15) is 9.84 Å². The highest BCUT2D eigenvalue weighted by Gasteiger charge is 2.18. The molecule has 0 saturated carbocycles. The number of benzene rings is 1. The van der Waals surface area contributed by atoms with Crippen molar-refractivity contribution in [3.8, 4) is 0 Å². The van der Waals surface area contributed by atoms with E-state index in [4.69, 9.17) is 0 Å². The maximum Gasteiger partial charge on any atom is 0.159 e. The van der Waals surface area contributed by atoms with Gasteiger partial charge in [0, 0.05) is 25.4 Å². The van der Waals surface area contributed by atoms with Gasteiger partial charge in [0.15, 0.2) is 11.6 Å². The van der Waals surface area contributed by atoms with E-state index in [1.807, 2.05) is 13.8 Å². The highest BCUT2D eigenvalue weighted by atomic mass is 32.2. The molecule has 21 heavy (non-hydrogen) atoms. The molecule has 0 spiro atoms. The Morgan fingerprint density at radius 2 is 1.86 bits per heavy atom. The third-order valence-electron chi connectivity index (χ3n) is 3.22. The van der Waals surface area contributed by atoms with E-state index in [9.17, 15) is 22.3 Å². The fourth-order valence-corrected chi connectivity index (χ4v) is 2.46. The SMILES string of the molecule is CC(C)N(CCS(C)(=O)=O)CC(O)c1ccc(F)c(F)c1. The lowest BCUT2D eigenvalue weighted by atomic mass is 10.1. The zero-order valence-corrected chi connectivity index (χ0v) is 13.2. The number of nitrogens with zero attached hydrogens (tertiary/aromatic N) is 1. The van der Waals surface area contributed by atoms with Crippen molar-refractivity contribution >= 4 is 9.84 Å². The highest BCUT2D eigenvalue weighted by Crippen LogP contribution is 2.18. The van der Waals surface area contributed by atoms with Gasteiger partial charge in [-0.05, 0) is 31.5 Å². The fourth-order valence-electron chi connectivity index (χ4n) is 1.89. The summed E-state index contributed by atoms with van der Waals surface area (Å²) >= 11 is 0. The summed E-state index contributed by atoms with van der Waals surface area (Å²) in [5, 5.41) is 10.1. The second-order valence-electron chi connectivity index (χ2n) is 5.41. The molecule has 0 aliphatic rings. The van der Waals surface area contributed by atoms with Crippen molar-refractivity contribution in [1.29, 1.82) is 0 Å². The molecule has 1 aromatic rings. The van der Waals surface area contributed by atoms with E-state index in [1.165, 1.54) is 6.07 Å². The van der Waals surface area contributed by atoms with Crippen LogP contribution in [0.2, 0.25) is 0 Å². The molecule has 0 saturated heterocycles. The molecule has 120 valence electrons. The van der Waals surface area contributed by atoms with Crippen LogP contribution in [-0.4, -0.2) is 49.6 Å². The first kappa shape index (κ1) is 18.0. The average molecular weight is 321 g/mol. The zero-order valence-electron chi connectivity index (χ0n) is 12.4. The van der Waals surface area contributed by atoms with Crippen molar-refractivity contribution in [1.82, 2.24) is 4.90 Å². The van der Waals surface area contributed by atoms with Gasteiger partial charge in [0.25, 0.3) is 0 Å². The number of rotatable bonds is 7. The van der Waals surface area contributed by atoms with Gasteiger partial charge >= 0.3 is 0 Å². The lowest BCUT2D eigenvalue weighted by Crippen LogP contribution is -2.38. The van der Waals surface area contributed by atoms with Crippen molar-refractivity contribution in [2.75, 3.05) is 25.1 Å². The van der Waals surface area contributed by atoms with Gasteiger partial charge in [-0.1, -0.05) is 6.07 Å². The molecule has 0 aliphatic carbocycles. The minimum absolute atomic E-state index is 0.0182. The van der Waals surface area contributed by atoms with Gasteiger partial charge in [-0.3, -0.25) is 4.90 Å². The van der Waals surface area contributed by atoms with Crippen LogP contribution in [0.1, 0.15) is 25.5 Å². The van der Waals surface area contributed by atoms with Crippen LogP contribution < -0.4 is 0 Å². The predicted molar refractivity (Wildman–Crippen MR) is 77.7 cm³/mol. The third kappa shape index (κ3) is 6.07. The Labute approximate surface area is 124 Å². The van der Waals surface area contributed by atoms with E-state index in [0.29, 0.717) is 0 Å². The van der Waals surface area contributed by atoms with E-state index < -0.39 is 27.6 Å². The third-order valence-corrected chi connectivity index (χ3v) is 4.14. The first-order valence-corrected chi connectivity index (χ1v) is 8.71. The summed E-state index contributed by atoms with van der Waals surface area (Å²) in [6, 6.07) is 3.25. The fraction of sp³-hybridized carbons (Fsp3) is 0.571. The number of hydrogen-bond acceptors (Lipinski definition) is 4. The number of aliphatic hydroxyl groups is 1. The summed E-state index contributed by atoms with van der Waals surface area (Å²) in [6.07, 6.45) is 0.138. The largest absolute Gasteiger partial charge is 0.387 e. The molecule has 4 nitrogen and oxygen atoms in total. The molecule has 1 rings (SSSR count). The summed E-state index contributed by atoms with van der Waals surface area (Å²) < 4.78 is 48.5. The van der Waals surface area contributed by atoms with Crippen molar-refractivity contribution in [2.24, 2.45) is 0 Å². The molecule has 0 fully saturated rings. The van der Waals surface area contributed by atoms with Gasteiger partial charge in [-0.15, -0.1) is 0 Å². The van der Waals surface area contributed by atoms with Crippen molar-refractivity contribution in [3.63, 3.8) is 0 Å². The molecule has 1 unspecified atom stereocenters. The van der Waals surface area contributed by atoms with Crippen LogP contribution in [0.5, 0.6) is 0 Å². The Bertz CT molecular complexity index is 576. The molecule has 0 bridgehead atoms. The number of aliphatic hydroxyl groups excluding tert-OH is 1. The van der Waals surface area contributed by atoms with Crippen LogP contribution in [0, 0.1) is 11.6 Å². The summed E-state index contributed by atoms with van der Waals surface area (Å²) in [5.41, 5.74) is 0.263. The van der Waals surface area contributed by atoms with Gasteiger partial charge in [-0.25, -0.2) is 17.2 Å². The summed E-state index contributed by atoms with van der Waals surface area (Å²) in [4.78, 5) is 1.78. The lowest BCUT2D eigenvalue weighted by Gasteiger charge is -2.28. The molecule has 0 aromatic heterocycles. The van der Waals surface area contributed by atoms with Crippen LogP contribution in [0.4, 0.5) is 8.78 Å². The standard InChI is InChI=1S/C14H21F2NO3S/c1-10(2)17(6-7-21(3,19)20)9-14(18)11-4-5-12(15)13(16)8-11/h4-5,8,10,14,18H,6-7,9H2,1-3H3. The maximum absolute atomic E-state index is 13.2. The van der Waals surface area contributed by atoms with Gasteiger partial charge in [0.05, 0.1) is 11.9 Å². The number of sulfone groups is 1. The quantitative estimate of drug-likeness (QED) is 0.831. The average Bonchev–Trinajstić information content (AvgIpc) is 2.36. The molecule has 0 radical (unpaired) electrons. The summed E-state index contributed by atoms with van der Waals surface area (Å²) in [6.45, 7) is 4.18. The van der Waals surface area contributed by atoms with E-state index >= 15 is 0 Å². The Balaban J connectivity index is 2.76. The second kappa shape index (κ2) is 7.29. The van der Waals surface area contributed by atoms with E-state index in [1.54, 1.807) is 4.90 Å². The zero-order chi connectivity index (χ0) is 16.2. The van der Waals surface area contributed by atoms with Gasteiger partial charge in [0.2, 0.25) is 0 Å². The van der Waals surface area contributed by atoms with E-state index in [-0.39, 0.29) is 30.4 Å². The Morgan fingerprint density at radius 1 is 1.24 bits per heavy atom.